The van der Waals surface area contributed by atoms with Crippen molar-refractivity contribution >= 4 is 0 Å². The van der Waals surface area contributed by atoms with Crippen LogP contribution in [-0.2, 0) is 4.74 Å². The Hall–Kier alpha value is -0.970. The molecule has 3 unspecified atom stereocenters. The molecule has 2 heterocycles. The molecule has 3 atom stereocenters. The van der Waals surface area contributed by atoms with Gasteiger partial charge in [0.25, 0.3) is 0 Å². The van der Waals surface area contributed by atoms with Crippen molar-refractivity contribution in [3.8, 4) is 0 Å². The van der Waals surface area contributed by atoms with Crippen molar-refractivity contribution in [1.29, 1.82) is 0 Å². The van der Waals surface area contributed by atoms with Gasteiger partial charge in [-0.25, -0.2) is 0 Å². The van der Waals surface area contributed by atoms with Crippen LogP contribution in [0.4, 0.5) is 0 Å². The quantitative estimate of drug-likeness (QED) is 0.752. The summed E-state index contributed by atoms with van der Waals surface area (Å²) in [6, 6.07) is 5.70. The molecule has 1 aliphatic rings. The molecule has 1 aromatic rings. The zero-order valence-corrected chi connectivity index (χ0v) is 8.41. The summed E-state index contributed by atoms with van der Waals surface area (Å²) < 4.78 is 5.49. The van der Waals surface area contributed by atoms with Gasteiger partial charge in [0.2, 0.25) is 0 Å². The second-order valence-electron chi connectivity index (χ2n) is 3.76. The first-order chi connectivity index (χ1) is 7.35. The van der Waals surface area contributed by atoms with Gasteiger partial charge in [-0.05, 0) is 18.6 Å². The number of hydrogen-bond donors (Lipinski definition) is 2. The van der Waals surface area contributed by atoms with Gasteiger partial charge in [-0.3, -0.25) is 4.98 Å². The van der Waals surface area contributed by atoms with E-state index in [-0.39, 0.29) is 31.3 Å². The molecule has 4 heteroatoms. The number of aromatic nitrogens is 1. The first kappa shape index (κ1) is 10.5. The molecular weight excluding hydrogens is 194 g/mol. The fraction of sp³-hybridized carbons (Fsp3) is 0.545. The molecule has 0 bridgehead atoms. The largest absolute Gasteiger partial charge is 0.394 e. The Labute approximate surface area is 88.5 Å². The predicted molar refractivity (Wildman–Crippen MR) is 54.4 cm³/mol. The van der Waals surface area contributed by atoms with E-state index in [9.17, 15) is 5.11 Å². The minimum Gasteiger partial charge on any atom is -0.394 e. The van der Waals surface area contributed by atoms with Crippen molar-refractivity contribution in [1.82, 2.24) is 4.98 Å². The average molecular weight is 209 g/mol. The molecule has 0 radical (unpaired) electrons. The van der Waals surface area contributed by atoms with Crippen LogP contribution in [0, 0.1) is 0 Å². The lowest BCUT2D eigenvalue weighted by Crippen LogP contribution is -2.20. The summed E-state index contributed by atoms with van der Waals surface area (Å²) >= 11 is 0. The lowest BCUT2D eigenvalue weighted by atomic mass is 9.95. The summed E-state index contributed by atoms with van der Waals surface area (Å²) in [5, 5.41) is 18.2. The second kappa shape index (κ2) is 4.70. The fourth-order valence-corrected chi connectivity index (χ4v) is 2.03. The van der Waals surface area contributed by atoms with Crippen LogP contribution in [0.5, 0.6) is 0 Å². The van der Waals surface area contributed by atoms with Gasteiger partial charge in [0.15, 0.2) is 0 Å². The molecule has 2 rings (SSSR count). The van der Waals surface area contributed by atoms with Crippen LogP contribution in [0.3, 0.4) is 0 Å². The van der Waals surface area contributed by atoms with Crippen molar-refractivity contribution in [2.75, 3.05) is 13.2 Å². The number of nitrogens with zero attached hydrogens (tertiary/aromatic N) is 1. The highest BCUT2D eigenvalue weighted by Gasteiger charge is 2.35. The van der Waals surface area contributed by atoms with E-state index >= 15 is 0 Å². The molecule has 1 fully saturated rings. The van der Waals surface area contributed by atoms with Crippen molar-refractivity contribution in [3.05, 3.63) is 30.1 Å². The summed E-state index contributed by atoms with van der Waals surface area (Å²) in [4.78, 5) is 4.25. The van der Waals surface area contributed by atoms with E-state index in [1.54, 1.807) is 6.20 Å². The van der Waals surface area contributed by atoms with E-state index in [1.165, 1.54) is 0 Å². The van der Waals surface area contributed by atoms with Gasteiger partial charge in [-0.1, -0.05) is 6.07 Å². The fourth-order valence-electron chi connectivity index (χ4n) is 2.03. The maximum atomic E-state index is 9.18. The van der Waals surface area contributed by atoms with Crippen LogP contribution in [0.25, 0.3) is 0 Å². The van der Waals surface area contributed by atoms with Crippen molar-refractivity contribution in [2.45, 2.75) is 24.5 Å². The molecule has 0 saturated carbocycles. The van der Waals surface area contributed by atoms with Crippen LogP contribution in [-0.4, -0.2) is 40.6 Å². The number of aliphatic hydroxyl groups is 2. The Balaban J connectivity index is 2.14. The third-order valence-electron chi connectivity index (χ3n) is 2.78. The van der Waals surface area contributed by atoms with Crippen molar-refractivity contribution in [3.63, 3.8) is 0 Å². The lowest BCUT2D eigenvalue weighted by molar-refractivity contribution is -0.0152. The highest BCUT2D eigenvalue weighted by Crippen LogP contribution is 2.33. The summed E-state index contributed by atoms with van der Waals surface area (Å²) in [7, 11) is 0. The van der Waals surface area contributed by atoms with E-state index in [4.69, 9.17) is 9.84 Å². The molecular formula is C11H15NO3. The van der Waals surface area contributed by atoms with E-state index < -0.39 is 0 Å². The highest BCUT2D eigenvalue weighted by atomic mass is 16.5. The second-order valence-corrected chi connectivity index (χ2v) is 3.76. The van der Waals surface area contributed by atoms with E-state index in [0.717, 1.165) is 12.1 Å². The maximum absolute atomic E-state index is 9.18. The molecule has 1 aliphatic heterocycles. The van der Waals surface area contributed by atoms with Gasteiger partial charge in [-0.15, -0.1) is 0 Å². The van der Waals surface area contributed by atoms with Gasteiger partial charge in [0.05, 0.1) is 25.4 Å². The summed E-state index contributed by atoms with van der Waals surface area (Å²) in [6.45, 7) is -0.0302. The minimum atomic E-state index is -0.239. The standard InChI is InChI=1S/C11H15NO3/c13-6-8-5-9(11(7-14)15-8)10-3-1-2-4-12-10/h1-4,8-9,11,13-14H,5-7H2. The lowest BCUT2D eigenvalue weighted by Gasteiger charge is -2.14. The minimum absolute atomic E-state index is 0.000165. The number of hydrogen-bond acceptors (Lipinski definition) is 4. The topological polar surface area (TPSA) is 62.6 Å². The van der Waals surface area contributed by atoms with Crippen LogP contribution in [0.2, 0.25) is 0 Å². The van der Waals surface area contributed by atoms with Crippen LogP contribution >= 0.6 is 0 Å². The van der Waals surface area contributed by atoms with Gasteiger partial charge >= 0.3 is 0 Å². The zero-order chi connectivity index (χ0) is 10.7. The Morgan fingerprint density at radius 2 is 2.20 bits per heavy atom. The smallest absolute Gasteiger partial charge is 0.0895 e. The van der Waals surface area contributed by atoms with E-state index in [0.29, 0.717) is 0 Å². The molecule has 0 spiro atoms. The highest BCUT2D eigenvalue weighted by molar-refractivity contribution is 5.13. The van der Waals surface area contributed by atoms with Crippen LogP contribution < -0.4 is 0 Å². The zero-order valence-electron chi connectivity index (χ0n) is 8.41. The van der Waals surface area contributed by atoms with Crippen LogP contribution in [0.1, 0.15) is 18.0 Å². The summed E-state index contributed by atoms with van der Waals surface area (Å²) in [5.74, 6) is 0.0911. The molecule has 15 heavy (non-hydrogen) atoms. The SMILES string of the molecule is OCC1CC(c2ccccn2)C(CO)O1. The van der Waals surface area contributed by atoms with Gasteiger partial charge in [0, 0.05) is 17.8 Å². The molecule has 0 aliphatic carbocycles. The first-order valence-electron chi connectivity index (χ1n) is 5.13. The van der Waals surface area contributed by atoms with Crippen molar-refractivity contribution < 1.29 is 14.9 Å². The molecule has 1 aromatic heterocycles. The number of pyridine rings is 1. The monoisotopic (exact) mass is 209 g/mol. The predicted octanol–water partition coefficient (Wildman–Crippen LogP) is 0.307. The molecule has 82 valence electrons. The normalized spacial score (nSPS) is 30.7. The molecule has 2 N–H and O–H groups in total. The van der Waals surface area contributed by atoms with Gasteiger partial charge in [0.1, 0.15) is 0 Å². The molecule has 1 saturated heterocycles. The maximum Gasteiger partial charge on any atom is 0.0895 e. The third-order valence-corrected chi connectivity index (χ3v) is 2.78. The Bertz CT molecular complexity index is 304. The number of aliphatic hydroxyl groups excluding tert-OH is 2. The van der Waals surface area contributed by atoms with E-state index in [1.807, 2.05) is 18.2 Å². The molecule has 0 amide bonds. The first-order valence-corrected chi connectivity index (χ1v) is 5.13. The summed E-state index contributed by atoms with van der Waals surface area (Å²) in [5.41, 5.74) is 0.924. The van der Waals surface area contributed by atoms with Crippen molar-refractivity contribution in [2.24, 2.45) is 0 Å². The number of ether oxygens (including phenoxy) is 1. The summed E-state index contributed by atoms with van der Waals surface area (Å²) in [6.07, 6.45) is 2.04. The molecule has 4 nitrogen and oxygen atoms in total. The Morgan fingerprint density at radius 3 is 2.80 bits per heavy atom. The van der Waals surface area contributed by atoms with Crippen LogP contribution in [0.15, 0.2) is 24.4 Å². The van der Waals surface area contributed by atoms with Gasteiger partial charge < -0.3 is 14.9 Å². The third kappa shape index (κ3) is 2.17. The number of rotatable bonds is 3. The Morgan fingerprint density at radius 1 is 1.33 bits per heavy atom. The van der Waals surface area contributed by atoms with Gasteiger partial charge in [-0.2, -0.15) is 0 Å². The average Bonchev–Trinajstić information content (AvgIpc) is 2.73. The Kier molecular flexibility index (Phi) is 3.30. The van der Waals surface area contributed by atoms with E-state index in [2.05, 4.69) is 4.98 Å². The molecule has 0 aromatic carbocycles.